The van der Waals surface area contributed by atoms with E-state index >= 15 is 0 Å². The van der Waals surface area contributed by atoms with Crippen molar-refractivity contribution >= 4 is 44.2 Å². The number of H-pyrrole nitrogens is 1. The van der Waals surface area contributed by atoms with Gasteiger partial charge in [0.05, 0.1) is 34.1 Å². The minimum absolute atomic E-state index is 0.0848. The second kappa shape index (κ2) is 11.7. The van der Waals surface area contributed by atoms with Crippen molar-refractivity contribution in [1.29, 1.82) is 0 Å². The molecule has 1 aliphatic rings. The number of sulfonamides is 1. The summed E-state index contributed by atoms with van der Waals surface area (Å²) in [6.45, 7) is 1.70. The van der Waals surface area contributed by atoms with Gasteiger partial charge in [0.25, 0.3) is 10.0 Å². The summed E-state index contributed by atoms with van der Waals surface area (Å²) >= 11 is 2.86. The average Bonchev–Trinajstić information content (AvgIpc) is 3.41. The maximum Gasteiger partial charge on any atom is 0.489 e. The Morgan fingerprint density at radius 2 is 1.55 bits per heavy atom. The van der Waals surface area contributed by atoms with Crippen LogP contribution in [0.25, 0.3) is 11.3 Å². The van der Waals surface area contributed by atoms with Gasteiger partial charge in [0.1, 0.15) is 0 Å². The molecule has 0 unspecified atom stereocenters. The van der Waals surface area contributed by atoms with Crippen LogP contribution in [-0.4, -0.2) is 35.8 Å². The number of rotatable bonds is 4. The second-order valence-corrected chi connectivity index (χ2v) is 11.6. The number of nitrogens with zero attached hydrogens (tertiary/aromatic N) is 2. The van der Waals surface area contributed by atoms with E-state index in [1.165, 1.54) is 6.20 Å². The number of nitrogens with one attached hydrogen (secondary N) is 1. The molecule has 0 fully saturated rings. The van der Waals surface area contributed by atoms with Crippen molar-refractivity contribution in [3.8, 4) is 11.3 Å². The van der Waals surface area contributed by atoms with Crippen LogP contribution in [0.4, 0.5) is 36.4 Å². The molecule has 4 aromatic rings. The van der Waals surface area contributed by atoms with Crippen molar-refractivity contribution < 1.29 is 49.2 Å². The zero-order valence-electron chi connectivity index (χ0n) is 21.1. The fraction of sp³-hybridized carbons (Fsp3) is 0.160. The molecule has 0 amide bonds. The largest absolute Gasteiger partial charge is 0.489 e. The van der Waals surface area contributed by atoms with Crippen molar-refractivity contribution in [3.05, 3.63) is 93.6 Å². The standard InChI is InChI=1S/C19H14F5N3O2S.C6H4BBrF2O2/c1-2-16-13-9-25-26-18(13)12-7-14(20)15(21)8-17(12)27(16)30(28,29)11-5-3-10(4-6-11)19(22,23)24;8-4-2-6(10)5(9)1-3(4)7(11)12/h3-9,16H,2H2,1H3,(H,25,26);1-2,11-12H/t16-;/m1./s1. The normalized spacial score (nSPS) is 14.5. The van der Waals surface area contributed by atoms with Crippen LogP contribution in [0.3, 0.4) is 0 Å². The highest BCUT2D eigenvalue weighted by Crippen LogP contribution is 2.48. The first-order valence-corrected chi connectivity index (χ1v) is 14.1. The molecule has 0 saturated heterocycles. The van der Waals surface area contributed by atoms with Crippen LogP contribution in [0.2, 0.25) is 0 Å². The molecule has 0 bridgehead atoms. The number of aromatic amines is 1. The van der Waals surface area contributed by atoms with E-state index in [9.17, 15) is 39.2 Å². The van der Waals surface area contributed by atoms with Crippen LogP contribution in [0.15, 0.2) is 64.1 Å². The van der Waals surface area contributed by atoms with Gasteiger partial charge in [0, 0.05) is 21.7 Å². The average molecular weight is 680 g/mol. The van der Waals surface area contributed by atoms with Gasteiger partial charge in [-0.3, -0.25) is 9.40 Å². The van der Waals surface area contributed by atoms with Gasteiger partial charge in [-0.25, -0.2) is 26.0 Å². The summed E-state index contributed by atoms with van der Waals surface area (Å²) in [5.41, 5.74) is -0.341. The van der Waals surface area contributed by atoms with E-state index in [-0.39, 0.29) is 27.6 Å². The van der Waals surface area contributed by atoms with Gasteiger partial charge in [-0.1, -0.05) is 22.9 Å². The van der Waals surface area contributed by atoms with Crippen LogP contribution >= 0.6 is 15.9 Å². The predicted octanol–water partition coefficient (Wildman–Crippen LogP) is 5.44. The molecule has 7 nitrogen and oxygen atoms in total. The monoisotopic (exact) mass is 679 g/mol. The minimum atomic E-state index is -4.63. The van der Waals surface area contributed by atoms with Gasteiger partial charge >= 0.3 is 13.3 Å². The first kappa shape index (κ1) is 31.5. The van der Waals surface area contributed by atoms with Gasteiger partial charge in [-0.05, 0) is 54.3 Å². The number of anilines is 1. The van der Waals surface area contributed by atoms with Crippen LogP contribution in [-0.2, 0) is 16.2 Å². The maximum absolute atomic E-state index is 14.0. The molecule has 0 saturated carbocycles. The van der Waals surface area contributed by atoms with E-state index in [0.29, 0.717) is 23.4 Å². The van der Waals surface area contributed by atoms with Crippen LogP contribution in [0.5, 0.6) is 0 Å². The van der Waals surface area contributed by atoms with Gasteiger partial charge in [-0.2, -0.15) is 18.3 Å². The van der Waals surface area contributed by atoms with Gasteiger partial charge in [0.15, 0.2) is 23.3 Å². The Morgan fingerprint density at radius 3 is 2.12 bits per heavy atom. The lowest BCUT2D eigenvalue weighted by molar-refractivity contribution is -0.137. The summed E-state index contributed by atoms with van der Waals surface area (Å²) in [5, 5.41) is 23.9. The van der Waals surface area contributed by atoms with Crippen molar-refractivity contribution in [2.75, 3.05) is 4.31 Å². The summed E-state index contributed by atoms with van der Waals surface area (Å²) in [6.07, 6.45) is -2.98. The Labute approximate surface area is 242 Å². The highest BCUT2D eigenvalue weighted by Gasteiger charge is 2.40. The SMILES string of the molecule is CC[C@@H]1c2cn[nH]c2-c2cc(F)c(F)cc2N1S(=O)(=O)c1ccc(C(F)(F)F)cc1.OB(O)c1cc(F)c(F)cc1Br. The highest BCUT2D eigenvalue weighted by molar-refractivity contribution is 9.10. The fourth-order valence-corrected chi connectivity index (χ4v) is 6.56. The molecule has 1 atom stereocenters. The van der Waals surface area contributed by atoms with E-state index in [1.807, 2.05) is 0 Å². The third kappa shape index (κ3) is 5.91. The smallest absolute Gasteiger partial charge is 0.423 e. The first-order chi connectivity index (χ1) is 19.6. The highest BCUT2D eigenvalue weighted by atomic mass is 79.9. The fourth-order valence-electron chi connectivity index (χ4n) is 4.32. The Bertz CT molecular complexity index is 1740. The second-order valence-electron chi connectivity index (χ2n) is 8.89. The zero-order valence-corrected chi connectivity index (χ0v) is 23.5. The van der Waals surface area contributed by atoms with Gasteiger partial charge in [0.2, 0.25) is 0 Å². The molecule has 3 N–H and O–H groups in total. The Kier molecular flexibility index (Phi) is 8.78. The summed E-state index contributed by atoms with van der Waals surface area (Å²) in [4.78, 5) is -0.406. The molecule has 1 aliphatic heterocycles. The third-order valence-electron chi connectivity index (χ3n) is 6.30. The van der Waals surface area contributed by atoms with Gasteiger partial charge < -0.3 is 10.0 Å². The summed E-state index contributed by atoms with van der Waals surface area (Å²) < 4.78 is 119. The lowest BCUT2D eigenvalue weighted by Crippen LogP contribution is -2.37. The summed E-state index contributed by atoms with van der Waals surface area (Å²) in [5.74, 6) is -4.57. The van der Waals surface area contributed by atoms with Crippen molar-refractivity contribution in [1.82, 2.24) is 10.2 Å². The number of hydrogen-bond acceptors (Lipinski definition) is 5. The lowest BCUT2D eigenvalue weighted by Gasteiger charge is -2.37. The molecule has 0 radical (unpaired) electrons. The Hall–Kier alpha value is -3.41. The van der Waals surface area contributed by atoms with E-state index in [0.717, 1.165) is 40.7 Å². The lowest BCUT2D eigenvalue weighted by atomic mass is 9.80. The van der Waals surface area contributed by atoms with E-state index < -0.39 is 63.1 Å². The quantitative estimate of drug-likeness (QED) is 0.151. The van der Waals surface area contributed by atoms with Crippen molar-refractivity contribution in [2.24, 2.45) is 0 Å². The molecule has 3 aromatic carbocycles. The number of alkyl halides is 3. The molecule has 42 heavy (non-hydrogen) atoms. The van der Waals surface area contributed by atoms with Crippen LogP contribution in [0.1, 0.15) is 30.5 Å². The van der Waals surface area contributed by atoms with E-state index in [1.54, 1.807) is 6.92 Å². The Morgan fingerprint density at radius 1 is 0.976 bits per heavy atom. The third-order valence-corrected chi connectivity index (χ3v) is 8.82. The maximum atomic E-state index is 14.0. The number of aromatic nitrogens is 2. The van der Waals surface area contributed by atoms with Crippen molar-refractivity contribution in [3.63, 3.8) is 0 Å². The van der Waals surface area contributed by atoms with Crippen molar-refractivity contribution in [2.45, 2.75) is 30.5 Å². The molecule has 1 aromatic heterocycles. The minimum Gasteiger partial charge on any atom is -0.423 e. The topological polar surface area (TPSA) is 107 Å². The van der Waals surface area contributed by atoms with E-state index in [2.05, 4.69) is 26.1 Å². The Balaban J connectivity index is 0.000000283. The molecule has 222 valence electrons. The molecular formula is C25H18BBrF7N3O4S. The van der Waals surface area contributed by atoms with Gasteiger partial charge in [-0.15, -0.1) is 0 Å². The number of fused-ring (bicyclic) bond motifs is 3. The predicted molar refractivity (Wildman–Crippen MR) is 142 cm³/mol. The number of hydrogen-bond donors (Lipinski definition) is 3. The molecule has 17 heteroatoms. The van der Waals surface area contributed by atoms with E-state index in [4.69, 9.17) is 10.0 Å². The summed E-state index contributed by atoms with van der Waals surface area (Å²) in [7, 11) is -6.22. The molecule has 0 spiro atoms. The first-order valence-electron chi connectivity index (χ1n) is 11.8. The van der Waals surface area contributed by atoms with Crippen LogP contribution < -0.4 is 9.77 Å². The molecule has 2 heterocycles. The number of halogens is 8. The number of benzene rings is 3. The van der Waals surface area contributed by atoms with Crippen LogP contribution in [0, 0.1) is 23.3 Å². The molecule has 0 aliphatic carbocycles. The molecular weight excluding hydrogens is 662 g/mol. The zero-order chi connectivity index (χ0) is 31.1. The summed E-state index contributed by atoms with van der Waals surface area (Å²) in [6, 6.07) is 5.38. The molecule has 5 rings (SSSR count).